The van der Waals surface area contributed by atoms with Gasteiger partial charge < -0.3 is 14.7 Å². The second kappa shape index (κ2) is 5.41. The monoisotopic (exact) mass is 333 g/mol. The van der Waals surface area contributed by atoms with Crippen molar-refractivity contribution in [1.82, 2.24) is 9.55 Å². The van der Waals surface area contributed by atoms with E-state index in [-0.39, 0.29) is 17.9 Å². The molecule has 2 bridgehead atoms. The zero-order valence-corrected chi connectivity index (χ0v) is 13.8. The number of aryl methyl sites for hydroxylation is 1. The number of hydrogen-bond donors (Lipinski definition) is 2. The molecule has 0 amide bonds. The predicted octanol–water partition coefficient (Wildman–Crippen LogP) is 2.95. The van der Waals surface area contributed by atoms with E-state index in [1.807, 2.05) is 29.9 Å². The van der Waals surface area contributed by atoms with Crippen LogP contribution in [0.2, 0.25) is 5.15 Å². The van der Waals surface area contributed by atoms with Gasteiger partial charge >= 0.3 is 5.97 Å². The van der Waals surface area contributed by atoms with Gasteiger partial charge in [-0.25, -0.2) is 0 Å². The summed E-state index contributed by atoms with van der Waals surface area (Å²) in [6.07, 6.45) is 6.19. The number of nitrogens with zero attached hydrogens (tertiary/aromatic N) is 2. The number of nitrogens with one attached hydrogen (secondary N) is 1. The van der Waals surface area contributed by atoms with Gasteiger partial charge in [0.2, 0.25) is 0 Å². The summed E-state index contributed by atoms with van der Waals surface area (Å²) in [5.41, 5.74) is 0.907. The molecule has 2 heterocycles. The third kappa shape index (κ3) is 2.38. The average Bonchev–Trinajstić information content (AvgIpc) is 2.93. The number of fused-ring (bicyclic) bond motifs is 4. The zero-order valence-electron chi connectivity index (χ0n) is 13.0. The molecule has 3 saturated carbocycles. The highest BCUT2D eigenvalue weighted by molar-refractivity contribution is 6.30. The first-order valence-corrected chi connectivity index (χ1v) is 8.53. The third-order valence-electron chi connectivity index (χ3n) is 5.60. The van der Waals surface area contributed by atoms with Gasteiger partial charge in [-0.05, 0) is 49.7 Å². The molecule has 0 aliphatic heterocycles. The molecule has 122 valence electrons. The fourth-order valence-corrected chi connectivity index (χ4v) is 4.65. The average molecular weight is 334 g/mol. The fraction of sp³-hybridized carbons (Fsp3) is 0.529. The Morgan fingerprint density at radius 3 is 2.74 bits per heavy atom. The molecule has 3 aliphatic carbocycles. The van der Waals surface area contributed by atoms with Crippen LogP contribution in [0.1, 0.15) is 25.7 Å². The zero-order chi connectivity index (χ0) is 16.1. The molecule has 0 aromatic carbocycles. The first kappa shape index (κ1) is 14.8. The lowest BCUT2D eigenvalue weighted by atomic mass is 9.62. The number of hydrogen-bond acceptors (Lipinski definition) is 2. The molecular formula is C17H20ClN3O2. The van der Waals surface area contributed by atoms with Gasteiger partial charge in [0.05, 0.1) is 17.3 Å². The SMILES string of the molecule is Cn1ccc(=NC2C3CCC(CC3)C2C(=O)O)c2cc(Cl)[nH]c21. The van der Waals surface area contributed by atoms with Crippen LogP contribution in [0.3, 0.4) is 0 Å². The van der Waals surface area contributed by atoms with Crippen molar-refractivity contribution in [3.63, 3.8) is 0 Å². The van der Waals surface area contributed by atoms with Gasteiger partial charge in [-0.3, -0.25) is 9.79 Å². The van der Waals surface area contributed by atoms with E-state index in [1.54, 1.807) is 0 Å². The molecule has 2 N–H and O–H groups in total. The van der Waals surface area contributed by atoms with Crippen LogP contribution in [-0.4, -0.2) is 26.7 Å². The van der Waals surface area contributed by atoms with E-state index in [1.165, 1.54) is 0 Å². The Kier molecular flexibility index (Phi) is 3.48. The summed E-state index contributed by atoms with van der Waals surface area (Å²) < 4.78 is 1.96. The maximum atomic E-state index is 11.8. The number of aromatic nitrogens is 2. The minimum atomic E-state index is -0.696. The second-order valence-electron chi connectivity index (χ2n) is 6.85. The molecule has 2 aromatic heterocycles. The molecule has 23 heavy (non-hydrogen) atoms. The molecule has 3 aliphatic rings. The quantitative estimate of drug-likeness (QED) is 0.887. The smallest absolute Gasteiger partial charge is 0.308 e. The van der Waals surface area contributed by atoms with E-state index in [2.05, 4.69) is 4.98 Å². The molecule has 0 radical (unpaired) electrons. The van der Waals surface area contributed by atoms with E-state index in [9.17, 15) is 9.90 Å². The summed E-state index contributed by atoms with van der Waals surface area (Å²) in [7, 11) is 1.95. The van der Waals surface area contributed by atoms with Crippen molar-refractivity contribution < 1.29 is 9.90 Å². The lowest BCUT2D eigenvalue weighted by Crippen LogP contribution is -2.47. The summed E-state index contributed by atoms with van der Waals surface area (Å²) in [6, 6.07) is 3.70. The Morgan fingerprint density at radius 1 is 1.35 bits per heavy atom. The Balaban J connectivity index is 1.86. The second-order valence-corrected chi connectivity index (χ2v) is 7.26. The number of carboxylic acid groups (broad SMARTS) is 1. The third-order valence-corrected chi connectivity index (χ3v) is 5.80. The summed E-state index contributed by atoms with van der Waals surface area (Å²) >= 11 is 6.11. The number of H-pyrrole nitrogens is 1. The standard InChI is InChI=1S/C17H20ClN3O2/c1-21-7-6-12(11-8-13(18)20-16(11)21)19-15-10-4-2-9(3-5-10)14(15)17(22)23/h6-10,14-15,20H,2-5H2,1H3,(H,22,23). The van der Waals surface area contributed by atoms with Crippen molar-refractivity contribution in [2.24, 2.45) is 29.8 Å². The Hall–Kier alpha value is -1.75. The Labute approximate surface area is 139 Å². The first-order valence-electron chi connectivity index (χ1n) is 8.15. The molecule has 0 spiro atoms. The van der Waals surface area contributed by atoms with Crippen molar-refractivity contribution in [1.29, 1.82) is 0 Å². The maximum Gasteiger partial charge on any atom is 0.308 e. The summed E-state index contributed by atoms with van der Waals surface area (Å²) in [5.74, 6) is -0.380. The van der Waals surface area contributed by atoms with Gasteiger partial charge in [-0.2, -0.15) is 0 Å². The highest BCUT2D eigenvalue weighted by Gasteiger charge is 2.47. The topological polar surface area (TPSA) is 70.4 Å². The molecule has 5 rings (SSSR count). The van der Waals surface area contributed by atoms with Crippen LogP contribution in [-0.2, 0) is 11.8 Å². The molecule has 5 nitrogen and oxygen atoms in total. The number of halogens is 1. The molecule has 2 atom stereocenters. The Morgan fingerprint density at radius 2 is 2.04 bits per heavy atom. The van der Waals surface area contributed by atoms with E-state index in [0.717, 1.165) is 42.1 Å². The van der Waals surface area contributed by atoms with Crippen LogP contribution < -0.4 is 5.36 Å². The molecule has 0 saturated heterocycles. The first-order chi connectivity index (χ1) is 11.0. The highest BCUT2D eigenvalue weighted by Crippen LogP contribution is 2.46. The molecule has 2 unspecified atom stereocenters. The minimum Gasteiger partial charge on any atom is -0.481 e. The number of rotatable bonds is 2. The number of pyridine rings is 1. The lowest BCUT2D eigenvalue weighted by molar-refractivity contribution is -0.148. The number of carbonyl (C=O) groups is 1. The van der Waals surface area contributed by atoms with Gasteiger partial charge in [-0.15, -0.1) is 0 Å². The molecule has 3 fully saturated rings. The lowest BCUT2D eigenvalue weighted by Gasteiger charge is -2.44. The highest BCUT2D eigenvalue weighted by atomic mass is 35.5. The maximum absolute atomic E-state index is 11.8. The number of aliphatic carboxylic acids is 1. The van der Waals surface area contributed by atoms with Gasteiger partial charge in [0.15, 0.2) is 0 Å². The van der Waals surface area contributed by atoms with Crippen LogP contribution >= 0.6 is 11.6 Å². The van der Waals surface area contributed by atoms with Gasteiger partial charge in [0, 0.05) is 18.6 Å². The van der Waals surface area contributed by atoms with Crippen molar-refractivity contribution in [2.75, 3.05) is 0 Å². The fourth-order valence-electron chi connectivity index (χ4n) is 4.46. The molecule has 6 heteroatoms. The van der Waals surface area contributed by atoms with E-state index in [4.69, 9.17) is 16.6 Å². The van der Waals surface area contributed by atoms with E-state index in [0.29, 0.717) is 11.1 Å². The number of carboxylic acids is 1. The van der Waals surface area contributed by atoms with Crippen molar-refractivity contribution in [3.05, 3.63) is 28.8 Å². The summed E-state index contributed by atoms with van der Waals surface area (Å²) in [4.78, 5) is 19.8. The van der Waals surface area contributed by atoms with Crippen molar-refractivity contribution >= 4 is 28.6 Å². The predicted molar refractivity (Wildman–Crippen MR) is 88.2 cm³/mol. The van der Waals surface area contributed by atoms with Gasteiger partial charge in [0.1, 0.15) is 10.8 Å². The minimum absolute atomic E-state index is 0.121. The number of aromatic amines is 1. The molecule has 2 aromatic rings. The summed E-state index contributed by atoms with van der Waals surface area (Å²) in [5, 5.41) is 12.0. The van der Waals surface area contributed by atoms with Gasteiger partial charge in [-0.1, -0.05) is 11.6 Å². The van der Waals surface area contributed by atoms with Crippen LogP contribution in [0.4, 0.5) is 0 Å². The summed E-state index contributed by atoms with van der Waals surface area (Å²) in [6.45, 7) is 0. The van der Waals surface area contributed by atoms with Crippen LogP contribution in [0.25, 0.3) is 11.0 Å². The van der Waals surface area contributed by atoms with Crippen LogP contribution in [0, 0.1) is 17.8 Å². The van der Waals surface area contributed by atoms with Gasteiger partial charge in [0.25, 0.3) is 0 Å². The van der Waals surface area contributed by atoms with Crippen molar-refractivity contribution in [3.8, 4) is 0 Å². The normalized spacial score (nSPS) is 31.0. The van der Waals surface area contributed by atoms with Crippen LogP contribution in [0.15, 0.2) is 23.3 Å². The van der Waals surface area contributed by atoms with Crippen LogP contribution in [0.5, 0.6) is 0 Å². The van der Waals surface area contributed by atoms with Crippen molar-refractivity contribution in [2.45, 2.75) is 31.7 Å². The largest absolute Gasteiger partial charge is 0.481 e. The van der Waals surface area contributed by atoms with E-state index >= 15 is 0 Å². The molecular weight excluding hydrogens is 314 g/mol. The van der Waals surface area contributed by atoms with E-state index < -0.39 is 5.97 Å². The Bertz CT molecular complexity index is 830.